The van der Waals surface area contributed by atoms with Crippen molar-refractivity contribution in [2.24, 2.45) is 0 Å². The zero-order chi connectivity index (χ0) is 22.5. The third-order valence-electron chi connectivity index (χ3n) is 6.25. The molecule has 1 N–H and O–H groups in total. The molecule has 168 valence electrons. The second kappa shape index (κ2) is 10.0. The van der Waals surface area contributed by atoms with Gasteiger partial charge in [-0.3, -0.25) is 14.7 Å². The Morgan fingerprint density at radius 2 is 1.69 bits per heavy atom. The van der Waals surface area contributed by atoms with Gasteiger partial charge in [0.05, 0.1) is 37.0 Å². The standard InChI is InChI=1S/C26H31N3O3/c1-18-23(16-20-15-22(32-3)11-12-24(20)28-18)26(30)27-17-25(29-13-5-4-6-14-29)19-7-9-21(31-2)10-8-19/h7-12,15-16,25H,4-6,13-14,17H2,1-3H3,(H,27,30). The second-order valence-corrected chi connectivity index (χ2v) is 8.28. The van der Waals surface area contributed by atoms with Crippen molar-refractivity contribution in [3.63, 3.8) is 0 Å². The average Bonchev–Trinajstić information content (AvgIpc) is 2.84. The van der Waals surface area contributed by atoms with E-state index < -0.39 is 0 Å². The summed E-state index contributed by atoms with van der Waals surface area (Å²) in [6.07, 6.45) is 3.65. The highest BCUT2D eigenvalue weighted by Gasteiger charge is 2.23. The van der Waals surface area contributed by atoms with Gasteiger partial charge >= 0.3 is 0 Å². The Kier molecular flexibility index (Phi) is 6.90. The first-order valence-corrected chi connectivity index (χ1v) is 11.2. The smallest absolute Gasteiger partial charge is 0.253 e. The number of ether oxygens (including phenoxy) is 2. The lowest BCUT2D eigenvalue weighted by atomic mass is 10.0. The maximum atomic E-state index is 13.2. The second-order valence-electron chi connectivity index (χ2n) is 8.28. The molecule has 1 aromatic heterocycles. The van der Waals surface area contributed by atoms with Crippen LogP contribution in [-0.2, 0) is 0 Å². The molecule has 1 atom stereocenters. The van der Waals surface area contributed by atoms with Gasteiger partial charge in [0, 0.05) is 11.9 Å². The van der Waals surface area contributed by atoms with Crippen molar-refractivity contribution in [1.82, 2.24) is 15.2 Å². The molecule has 1 unspecified atom stereocenters. The average molecular weight is 434 g/mol. The largest absolute Gasteiger partial charge is 0.497 e. The summed E-state index contributed by atoms with van der Waals surface area (Å²) in [6.45, 7) is 4.51. The number of carbonyl (C=O) groups excluding carboxylic acids is 1. The fraction of sp³-hybridized carbons (Fsp3) is 0.385. The molecule has 1 aliphatic heterocycles. The van der Waals surface area contributed by atoms with Crippen molar-refractivity contribution in [2.45, 2.75) is 32.2 Å². The highest BCUT2D eigenvalue weighted by Crippen LogP contribution is 2.26. The van der Waals surface area contributed by atoms with E-state index in [4.69, 9.17) is 9.47 Å². The van der Waals surface area contributed by atoms with Crippen LogP contribution in [0.3, 0.4) is 0 Å². The van der Waals surface area contributed by atoms with Gasteiger partial charge in [0.2, 0.25) is 0 Å². The Bertz CT molecular complexity index is 1080. The third kappa shape index (κ3) is 4.86. The van der Waals surface area contributed by atoms with E-state index in [0.717, 1.165) is 41.2 Å². The summed E-state index contributed by atoms with van der Waals surface area (Å²) in [5.74, 6) is 1.48. The van der Waals surface area contributed by atoms with Crippen LogP contribution in [-0.4, -0.2) is 49.6 Å². The Hall–Kier alpha value is -3.12. The van der Waals surface area contributed by atoms with Gasteiger partial charge in [-0.05, 0) is 74.8 Å². The fourth-order valence-electron chi connectivity index (χ4n) is 4.41. The van der Waals surface area contributed by atoms with Crippen molar-refractivity contribution in [1.29, 1.82) is 0 Å². The number of piperidine rings is 1. The van der Waals surface area contributed by atoms with Crippen LogP contribution < -0.4 is 14.8 Å². The van der Waals surface area contributed by atoms with Crippen molar-refractivity contribution < 1.29 is 14.3 Å². The number of nitrogens with zero attached hydrogens (tertiary/aromatic N) is 2. The molecule has 0 spiro atoms. The summed E-state index contributed by atoms with van der Waals surface area (Å²) >= 11 is 0. The minimum absolute atomic E-state index is 0.102. The molecule has 2 aromatic carbocycles. The molecule has 0 bridgehead atoms. The van der Waals surface area contributed by atoms with Crippen LogP contribution in [0.15, 0.2) is 48.5 Å². The number of carbonyl (C=O) groups is 1. The van der Waals surface area contributed by atoms with Crippen LogP contribution in [0.1, 0.15) is 46.9 Å². The third-order valence-corrected chi connectivity index (χ3v) is 6.25. The summed E-state index contributed by atoms with van der Waals surface area (Å²) in [5, 5.41) is 4.07. The molecular weight excluding hydrogens is 402 g/mol. The van der Waals surface area contributed by atoms with E-state index in [9.17, 15) is 4.79 Å². The van der Waals surface area contributed by atoms with E-state index in [1.54, 1.807) is 14.2 Å². The van der Waals surface area contributed by atoms with Gasteiger partial charge < -0.3 is 14.8 Å². The van der Waals surface area contributed by atoms with E-state index in [1.807, 2.05) is 43.3 Å². The molecule has 32 heavy (non-hydrogen) atoms. The monoisotopic (exact) mass is 433 g/mol. The van der Waals surface area contributed by atoms with E-state index >= 15 is 0 Å². The molecule has 3 aromatic rings. The van der Waals surface area contributed by atoms with Crippen molar-refractivity contribution in [2.75, 3.05) is 33.9 Å². The number of pyridine rings is 1. The van der Waals surface area contributed by atoms with Crippen molar-refractivity contribution >= 4 is 16.8 Å². The van der Waals surface area contributed by atoms with Gasteiger partial charge in [0.1, 0.15) is 11.5 Å². The van der Waals surface area contributed by atoms with Gasteiger partial charge in [-0.1, -0.05) is 18.6 Å². The van der Waals surface area contributed by atoms with Gasteiger partial charge in [-0.2, -0.15) is 0 Å². The number of rotatable bonds is 7. The van der Waals surface area contributed by atoms with Crippen LogP contribution in [0.25, 0.3) is 10.9 Å². The Morgan fingerprint density at radius 1 is 1.00 bits per heavy atom. The predicted octanol–water partition coefficient (Wildman–Crippen LogP) is 4.52. The molecule has 1 saturated heterocycles. The molecule has 0 saturated carbocycles. The summed E-state index contributed by atoms with van der Waals surface area (Å²) in [6, 6.07) is 15.9. The van der Waals surface area contributed by atoms with E-state index in [2.05, 4.69) is 27.3 Å². The number of aryl methyl sites for hydroxylation is 1. The Morgan fingerprint density at radius 3 is 2.38 bits per heavy atom. The number of hydrogen-bond acceptors (Lipinski definition) is 5. The van der Waals surface area contributed by atoms with Crippen LogP contribution in [0, 0.1) is 6.92 Å². The zero-order valence-corrected chi connectivity index (χ0v) is 19.1. The normalized spacial score (nSPS) is 15.3. The minimum Gasteiger partial charge on any atom is -0.497 e. The van der Waals surface area contributed by atoms with Crippen LogP contribution >= 0.6 is 0 Å². The minimum atomic E-state index is -0.102. The lowest BCUT2D eigenvalue weighted by Gasteiger charge is -2.35. The molecule has 1 fully saturated rings. The lowest BCUT2D eigenvalue weighted by molar-refractivity contribution is 0.0923. The first kappa shape index (κ1) is 22.1. The first-order valence-electron chi connectivity index (χ1n) is 11.2. The van der Waals surface area contributed by atoms with Gasteiger partial charge in [0.25, 0.3) is 5.91 Å². The van der Waals surface area contributed by atoms with Gasteiger partial charge in [-0.25, -0.2) is 0 Å². The Labute approximate surface area is 189 Å². The van der Waals surface area contributed by atoms with E-state index in [1.165, 1.54) is 24.8 Å². The maximum Gasteiger partial charge on any atom is 0.253 e. The number of aromatic nitrogens is 1. The SMILES string of the molecule is COc1ccc(C(CNC(=O)c2cc3cc(OC)ccc3nc2C)N2CCCCC2)cc1. The lowest BCUT2D eigenvalue weighted by Crippen LogP contribution is -2.40. The van der Waals surface area contributed by atoms with Gasteiger partial charge in [-0.15, -0.1) is 0 Å². The highest BCUT2D eigenvalue weighted by atomic mass is 16.5. The Balaban J connectivity index is 1.55. The number of hydrogen-bond donors (Lipinski definition) is 1. The quantitative estimate of drug-likeness (QED) is 0.594. The number of fused-ring (bicyclic) bond motifs is 1. The van der Waals surface area contributed by atoms with Crippen molar-refractivity contribution in [3.05, 3.63) is 65.4 Å². The maximum absolute atomic E-state index is 13.2. The number of amides is 1. The summed E-state index contributed by atoms with van der Waals surface area (Å²) < 4.78 is 10.6. The topological polar surface area (TPSA) is 63.7 Å². The molecule has 1 amide bonds. The predicted molar refractivity (Wildman–Crippen MR) is 127 cm³/mol. The summed E-state index contributed by atoms with van der Waals surface area (Å²) in [4.78, 5) is 20.3. The summed E-state index contributed by atoms with van der Waals surface area (Å²) in [7, 11) is 3.31. The van der Waals surface area contributed by atoms with Crippen LogP contribution in [0.5, 0.6) is 11.5 Å². The number of nitrogens with one attached hydrogen (secondary N) is 1. The first-order chi connectivity index (χ1) is 15.6. The van der Waals surface area contributed by atoms with E-state index in [-0.39, 0.29) is 11.9 Å². The molecule has 0 radical (unpaired) electrons. The molecule has 6 nitrogen and oxygen atoms in total. The number of methoxy groups -OCH3 is 2. The fourth-order valence-corrected chi connectivity index (χ4v) is 4.41. The van der Waals surface area contributed by atoms with E-state index in [0.29, 0.717) is 12.1 Å². The molecule has 6 heteroatoms. The summed E-state index contributed by atoms with van der Waals surface area (Å²) in [5.41, 5.74) is 3.35. The zero-order valence-electron chi connectivity index (χ0n) is 19.1. The molecule has 4 rings (SSSR count). The number of benzene rings is 2. The number of likely N-dealkylation sites (tertiary alicyclic amines) is 1. The van der Waals surface area contributed by atoms with Gasteiger partial charge in [0.15, 0.2) is 0 Å². The molecular formula is C26H31N3O3. The molecule has 0 aliphatic carbocycles. The highest BCUT2D eigenvalue weighted by molar-refractivity contribution is 5.98. The molecule has 1 aliphatic rings. The molecule has 2 heterocycles. The van der Waals surface area contributed by atoms with Crippen LogP contribution in [0.4, 0.5) is 0 Å². The van der Waals surface area contributed by atoms with Crippen molar-refractivity contribution in [3.8, 4) is 11.5 Å². The van der Waals surface area contributed by atoms with Crippen LogP contribution in [0.2, 0.25) is 0 Å².